The van der Waals surface area contributed by atoms with Crippen molar-refractivity contribution in [2.45, 2.75) is 19.0 Å². The van der Waals surface area contributed by atoms with Crippen molar-refractivity contribution in [3.8, 4) is 0 Å². The number of methoxy groups -OCH3 is 1. The summed E-state index contributed by atoms with van der Waals surface area (Å²) in [5, 5.41) is 0. The first kappa shape index (κ1) is 15.4. The van der Waals surface area contributed by atoms with Crippen LogP contribution in [0.2, 0.25) is 0 Å². The van der Waals surface area contributed by atoms with Crippen LogP contribution in [-0.4, -0.2) is 81.4 Å². The molecule has 0 radical (unpaired) electrons. The van der Waals surface area contributed by atoms with E-state index in [4.69, 9.17) is 15.2 Å². The highest BCUT2D eigenvalue weighted by Gasteiger charge is 2.25. The molecule has 1 saturated heterocycles. The minimum Gasteiger partial charge on any atom is -0.383 e. The zero-order chi connectivity index (χ0) is 13.5. The average Bonchev–Trinajstić information content (AvgIpc) is 2.38. The number of carbonyl (C=O) groups is 1. The monoisotopic (exact) mass is 259 g/mol. The molecule has 0 spiro atoms. The number of ether oxygens (including phenoxy) is 2. The Labute approximate surface area is 109 Å². The van der Waals surface area contributed by atoms with Gasteiger partial charge in [-0.1, -0.05) is 0 Å². The summed E-state index contributed by atoms with van der Waals surface area (Å²) in [4.78, 5) is 16.1. The molecule has 0 saturated carbocycles. The van der Waals surface area contributed by atoms with Gasteiger partial charge < -0.3 is 20.1 Å². The molecular weight excluding hydrogens is 234 g/mol. The van der Waals surface area contributed by atoms with E-state index in [2.05, 4.69) is 0 Å². The van der Waals surface area contributed by atoms with Gasteiger partial charge in [0.1, 0.15) is 0 Å². The summed E-state index contributed by atoms with van der Waals surface area (Å²) in [6.45, 7) is 5.68. The Bertz CT molecular complexity index is 257. The van der Waals surface area contributed by atoms with Crippen molar-refractivity contribution in [1.82, 2.24) is 9.80 Å². The van der Waals surface area contributed by atoms with E-state index in [-0.39, 0.29) is 18.0 Å². The lowest BCUT2D eigenvalue weighted by Gasteiger charge is -2.33. The van der Waals surface area contributed by atoms with Gasteiger partial charge in [-0.3, -0.25) is 9.69 Å². The van der Waals surface area contributed by atoms with Crippen molar-refractivity contribution in [1.29, 1.82) is 0 Å². The number of nitrogens with zero attached hydrogens (tertiary/aromatic N) is 2. The molecule has 1 amide bonds. The van der Waals surface area contributed by atoms with Gasteiger partial charge in [-0.25, -0.2) is 0 Å². The Kier molecular flexibility index (Phi) is 6.56. The van der Waals surface area contributed by atoms with Gasteiger partial charge in [0.05, 0.1) is 25.9 Å². The summed E-state index contributed by atoms with van der Waals surface area (Å²) in [5.41, 5.74) is 5.89. The van der Waals surface area contributed by atoms with E-state index in [1.54, 1.807) is 7.11 Å². The van der Waals surface area contributed by atoms with E-state index in [1.807, 2.05) is 23.8 Å². The first-order chi connectivity index (χ1) is 8.56. The number of morpholine rings is 1. The van der Waals surface area contributed by atoms with Crippen molar-refractivity contribution in [2.75, 3.05) is 53.6 Å². The van der Waals surface area contributed by atoms with Crippen LogP contribution in [0.1, 0.15) is 6.92 Å². The minimum atomic E-state index is -0.161. The van der Waals surface area contributed by atoms with Gasteiger partial charge in [0.15, 0.2) is 0 Å². The largest absolute Gasteiger partial charge is 0.383 e. The Hall–Kier alpha value is -0.690. The van der Waals surface area contributed by atoms with Crippen LogP contribution in [0.3, 0.4) is 0 Å². The molecule has 6 heteroatoms. The fourth-order valence-electron chi connectivity index (χ4n) is 2.03. The third-order valence-corrected chi connectivity index (χ3v) is 3.24. The molecule has 2 N–H and O–H groups in total. The van der Waals surface area contributed by atoms with Gasteiger partial charge in [-0.15, -0.1) is 0 Å². The molecule has 1 aliphatic heterocycles. The predicted molar refractivity (Wildman–Crippen MR) is 69.3 cm³/mol. The molecule has 0 bridgehead atoms. The number of hydrogen-bond acceptors (Lipinski definition) is 5. The topological polar surface area (TPSA) is 68.0 Å². The van der Waals surface area contributed by atoms with Crippen molar-refractivity contribution in [2.24, 2.45) is 5.73 Å². The van der Waals surface area contributed by atoms with E-state index in [0.717, 1.165) is 0 Å². The zero-order valence-corrected chi connectivity index (χ0v) is 11.6. The van der Waals surface area contributed by atoms with E-state index in [9.17, 15) is 4.79 Å². The Morgan fingerprint density at radius 3 is 2.67 bits per heavy atom. The van der Waals surface area contributed by atoms with Crippen molar-refractivity contribution >= 4 is 5.91 Å². The SMILES string of the molecule is COCC(N)CN(C)C(C)C(=O)N1CCOCC1. The summed E-state index contributed by atoms with van der Waals surface area (Å²) in [5.74, 6) is 0.144. The first-order valence-electron chi connectivity index (χ1n) is 6.37. The average molecular weight is 259 g/mol. The number of nitrogens with two attached hydrogens (primary N) is 1. The van der Waals surface area contributed by atoms with Crippen molar-refractivity contribution in [3.05, 3.63) is 0 Å². The van der Waals surface area contributed by atoms with Crippen LogP contribution in [0.15, 0.2) is 0 Å². The summed E-state index contributed by atoms with van der Waals surface area (Å²) in [6, 6.07) is -0.231. The Balaban J connectivity index is 2.41. The lowest BCUT2D eigenvalue weighted by Crippen LogP contribution is -2.52. The molecule has 2 unspecified atom stereocenters. The van der Waals surface area contributed by atoms with E-state index < -0.39 is 0 Å². The third-order valence-electron chi connectivity index (χ3n) is 3.24. The highest BCUT2D eigenvalue weighted by Crippen LogP contribution is 2.05. The van der Waals surface area contributed by atoms with E-state index in [1.165, 1.54) is 0 Å². The van der Waals surface area contributed by atoms with Gasteiger partial charge in [0.2, 0.25) is 5.91 Å². The maximum Gasteiger partial charge on any atom is 0.239 e. The molecule has 106 valence electrons. The lowest BCUT2D eigenvalue weighted by molar-refractivity contribution is -0.140. The standard InChI is InChI=1S/C12H25N3O3/c1-10(14(2)8-11(13)9-17-3)12(16)15-4-6-18-7-5-15/h10-11H,4-9,13H2,1-3H3. The second-order valence-electron chi connectivity index (χ2n) is 4.77. The fraction of sp³-hybridized carbons (Fsp3) is 0.917. The van der Waals surface area contributed by atoms with Crippen molar-refractivity contribution < 1.29 is 14.3 Å². The molecule has 2 atom stereocenters. The van der Waals surface area contributed by atoms with Crippen LogP contribution < -0.4 is 5.73 Å². The minimum absolute atomic E-state index is 0.0695. The normalized spacial score (nSPS) is 19.9. The molecular formula is C12H25N3O3. The predicted octanol–water partition coefficient (Wildman–Crippen LogP) is -0.861. The Morgan fingerprint density at radius 1 is 1.50 bits per heavy atom. The highest BCUT2D eigenvalue weighted by atomic mass is 16.5. The molecule has 0 aromatic rings. The third kappa shape index (κ3) is 4.53. The highest BCUT2D eigenvalue weighted by molar-refractivity contribution is 5.81. The molecule has 0 aromatic heterocycles. The van der Waals surface area contributed by atoms with Gasteiger partial charge in [-0.2, -0.15) is 0 Å². The van der Waals surface area contributed by atoms with Gasteiger partial charge >= 0.3 is 0 Å². The van der Waals surface area contributed by atoms with E-state index >= 15 is 0 Å². The maximum absolute atomic E-state index is 12.2. The Morgan fingerprint density at radius 2 is 2.11 bits per heavy atom. The molecule has 1 aliphatic rings. The van der Waals surface area contributed by atoms with Crippen LogP contribution in [0.25, 0.3) is 0 Å². The van der Waals surface area contributed by atoms with Gasteiger partial charge in [0.25, 0.3) is 0 Å². The van der Waals surface area contributed by atoms with Crippen LogP contribution in [-0.2, 0) is 14.3 Å². The van der Waals surface area contributed by atoms with Gasteiger partial charge in [-0.05, 0) is 14.0 Å². The fourth-order valence-corrected chi connectivity index (χ4v) is 2.03. The number of amides is 1. The second-order valence-corrected chi connectivity index (χ2v) is 4.77. The second kappa shape index (κ2) is 7.68. The van der Waals surface area contributed by atoms with Crippen LogP contribution >= 0.6 is 0 Å². The number of carbonyl (C=O) groups excluding carboxylic acids is 1. The molecule has 0 aliphatic carbocycles. The van der Waals surface area contributed by atoms with E-state index in [0.29, 0.717) is 39.5 Å². The molecule has 6 nitrogen and oxygen atoms in total. The van der Waals surface area contributed by atoms with Crippen molar-refractivity contribution in [3.63, 3.8) is 0 Å². The molecule has 0 aromatic carbocycles. The number of rotatable bonds is 6. The van der Waals surface area contributed by atoms with Gasteiger partial charge in [0, 0.05) is 32.8 Å². The quantitative estimate of drug-likeness (QED) is 0.672. The molecule has 18 heavy (non-hydrogen) atoms. The molecule has 1 fully saturated rings. The van der Waals surface area contributed by atoms with Crippen LogP contribution in [0.5, 0.6) is 0 Å². The summed E-state index contributed by atoms with van der Waals surface area (Å²) < 4.78 is 10.2. The maximum atomic E-state index is 12.2. The number of hydrogen-bond donors (Lipinski definition) is 1. The van der Waals surface area contributed by atoms with Crippen LogP contribution in [0.4, 0.5) is 0 Å². The summed E-state index contributed by atoms with van der Waals surface area (Å²) in [6.07, 6.45) is 0. The molecule has 1 heterocycles. The molecule has 1 rings (SSSR count). The zero-order valence-electron chi connectivity index (χ0n) is 11.6. The summed E-state index contributed by atoms with van der Waals surface area (Å²) in [7, 11) is 3.54. The summed E-state index contributed by atoms with van der Waals surface area (Å²) >= 11 is 0. The smallest absolute Gasteiger partial charge is 0.239 e. The number of likely N-dealkylation sites (N-methyl/N-ethyl adjacent to an activating group) is 1. The first-order valence-corrected chi connectivity index (χ1v) is 6.37. The van der Waals surface area contributed by atoms with Crippen LogP contribution in [0, 0.1) is 0 Å². The lowest BCUT2D eigenvalue weighted by atomic mass is 10.2.